The third-order valence-corrected chi connectivity index (χ3v) is 11.7. The Morgan fingerprint density at radius 3 is 1.94 bits per heavy atom. The zero-order chi connectivity index (χ0) is 26.7. The first-order chi connectivity index (χ1) is 16.9. The topological polar surface area (TPSA) is 72.5 Å². The second kappa shape index (κ2) is 11.0. The second-order valence-corrected chi connectivity index (χ2v) is 15.5. The Kier molecular flexibility index (Phi) is 8.49. The van der Waals surface area contributed by atoms with Gasteiger partial charge >= 0.3 is 5.97 Å². The number of hydrogen-bond acceptors (Lipinski definition) is 7. The van der Waals surface area contributed by atoms with Crippen LogP contribution in [0.5, 0.6) is 28.7 Å². The van der Waals surface area contributed by atoms with Gasteiger partial charge in [-0.05, 0) is 66.4 Å². The molecular formula is C28H40O7Si. The smallest absolute Gasteiger partial charge is 0.309 e. The highest BCUT2D eigenvalue weighted by atomic mass is 28.4. The number of rotatable bonds is 10. The van der Waals surface area contributed by atoms with E-state index in [2.05, 4.69) is 39.9 Å². The van der Waals surface area contributed by atoms with Crippen molar-refractivity contribution in [2.45, 2.75) is 51.7 Å². The van der Waals surface area contributed by atoms with Gasteiger partial charge in [-0.1, -0.05) is 26.8 Å². The van der Waals surface area contributed by atoms with Crippen molar-refractivity contribution in [1.29, 1.82) is 0 Å². The predicted molar refractivity (Wildman–Crippen MR) is 142 cm³/mol. The van der Waals surface area contributed by atoms with E-state index in [0.717, 1.165) is 16.9 Å². The van der Waals surface area contributed by atoms with Gasteiger partial charge in [-0.3, -0.25) is 4.79 Å². The summed E-state index contributed by atoms with van der Waals surface area (Å²) in [5.41, 5.74) is 2.00. The van der Waals surface area contributed by atoms with Crippen LogP contribution in [0.4, 0.5) is 0 Å². The molecule has 0 aliphatic carbocycles. The van der Waals surface area contributed by atoms with Crippen LogP contribution < -0.4 is 23.4 Å². The van der Waals surface area contributed by atoms with Gasteiger partial charge in [-0.2, -0.15) is 0 Å². The molecule has 8 heteroatoms. The van der Waals surface area contributed by atoms with E-state index in [1.165, 1.54) is 0 Å². The van der Waals surface area contributed by atoms with Gasteiger partial charge in [0.05, 0.1) is 41.0 Å². The van der Waals surface area contributed by atoms with Crippen LogP contribution >= 0.6 is 0 Å². The van der Waals surface area contributed by atoms with Crippen molar-refractivity contribution in [3.05, 3.63) is 41.5 Å². The molecule has 0 saturated carbocycles. The van der Waals surface area contributed by atoms with E-state index in [-0.39, 0.29) is 22.8 Å². The molecule has 36 heavy (non-hydrogen) atoms. The molecule has 0 spiro atoms. The summed E-state index contributed by atoms with van der Waals surface area (Å²) < 4.78 is 34.1. The Hall–Kier alpha value is -2.87. The van der Waals surface area contributed by atoms with Gasteiger partial charge in [-0.25, -0.2) is 0 Å². The zero-order valence-electron chi connectivity index (χ0n) is 23.0. The lowest BCUT2D eigenvalue weighted by molar-refractivity contribution is -0.141. The molecular weight excluding hydrogens is 476 g/mol. The Labute approximate surface area is 216 Å². The molecule has 198 valence electrons. The molecule has 0 bridgehead atoms. The number of carbonyl (C=O) groups excluding carboxylic acids is 1. The van der Waals surface area contributed by atoms with Gasteiger partial charge in [0.25, 0.3) is 8.32 Å². The number of ether oxygens (including phenoxy) is 5. The maximum atomic E-state index is 12.7. The monoisotopic (exact) mass is 516 g/mol. The lowest BCUT2D eigenvalue weighted by atomic mass is 9.85. The lowest BCUT2D eigenvalue weighted by Crippen LogP contribution is -2.43. The molecule has 1 fully saturated rings. The summed E-state index contributed by atoms with van der Waals surface area (Å²) in [4.78, 5) is 12.7. The molecule has 0 N–H and O–H groups in total. The number of cyclic esters (lactones) is 1. The molecule has 0 radical (unpaired) electrons. The molecule has 7 nitrogen and oxygen atoms in total. The molecule has 0 aromatic heterocycles. The first-order valence-corrected chi connectivity index (χ1v) is 15.2. The number of hydrogen-bond donors (Lipinski definition) is 0. The lowest BCUT2D eigenvalue weighted by Gasteiger charge is -2.36. The highest BCUT2D eigenvalue weighted by molar-refractivity contribution is 6.74. The van der Waals surface area contributed by atoms with Crippen molar-refractivity contribution in [1.82, 2.24) is 0 Å². The summed E-state index contributed by atoms with van der Waals surface area (Å²) in [6, 6.07) is 9.84. The number of carbonyl (C=O) groups is 1. The Bertz CT molecular complexity index is 1050. The van der Waals surface area contributed by atoms with Crippen molar-refractivity contribution in [2.75, 3.05) is 35.0 Å². The van der Waals surface area contributed by atoms with E-state index in [0.29, 0.717) is 42.4 Å². The summed E-state index contributed by atoms with van der Waals surface area (Å²) in [6.07, 6.45) is 1.21. The molecule has 2 unspecified atom stereocenters. The fourth-order valence-corrected chi connectivity index (χ4v) is 5.24. The van der Waals surface area contributed by atoms with Crippen LogP contribution in [0.25, 0.3) is 0 Å². The predicted octanol–water partition coefficient (Wildman–Crippen LogP) is 5.68. The standard InChI is InChI=1S/C28H40O7Si/c1-28(2,3)36(8,9)35-22-11-10-18(14-23(22)30-4)12-20-17-34-27(29)21(20)13-19-15-24(31-5)26(33-7)25(16-19)32-6/h10-11,14-16,20-21H,12-13,17H2,1-9H3. The highest BCUT2D eigenvalue weighted by Crippen LogP contribution is 2.42. The SMILES string of the molecule is COc1cc(CC2COC(=O)C2Cc2cc(OC)c(OC)c(OC)c2)ccc1O[Si](C)(C)C(C)(C)C. The van der Waals surface area contributed by atoms with Gasteiger partial charge < -0.3 is 28.1 Å². The van der Waals surface area contributed by atoms with Gasteiger partial charge in [0.1, 0.15) is 5.75 Å². The molecule has 1 heterocycles. The first kappa shape index (κ1) is 27.7. The average Bonchev–Trinajstić information content (AvgIpc) is 3.16. The number of methoxy groups -OCH3 is 4. The van der Waals surface area contributed by atoms with E-state index in [9.17, 15) is 4.79 Å². The van der Waals surface area contributed by atoms with E-state index in [1.807, 2.05) is 24.3 Å². The Morgan fingerprint density at radius 1 is 0.833 bits per heavy atom. The molecule has 0 amide bonds. The fourth-order valence-electron chi connectivity index (χ4n) is 4.22. The summed E-state index contributed by atoms with van der Waals surface area (Å²) >= 11 is 0. The number of benzene rings is 2. The van der Waals surface area contributed by atoms with Gasteiger partial charge in [0.15, 0.2) is 17.2 Å². The van der Waals surface area contributed by atoms with Crippen LogP contribution in [-0.2, 0) is 22.4 Å². The fraction of sp³-hybridized carbons (Fsp3) is 0.536. The van der Waals surface area contributed by atoms with E-state index < -0.39 is 8.32 Å². The number of esters is 1. The molecule has 2 aromatic rings. The van der Waals surface area contributed by atoms with Crippen LogP contribution in [0.3, 0.4) is 0 Å². The zero-order valence-corrected chi connectivity index (χ0v) is 24.0. The van der Waals surface area contributed by atoms with Crippen molar-refractivity contribution in [3.8, 4) is 28.7 Å². The summed E-state index contributed by atoms with van der Waals surface area (Å²) in [6.45, 7) is 11.5. The van der Waals surface area contributed by atoms with Crippen molar-refractivity contribution in [2.24, 2.45) is 11.8 Å². The Morgan fingerprint density at radius 2 is 1.42 bits per heavy atom. The summed E-state index contributed by atoms with van der Waals surface area (Å²) in [7, 11) is 4.39. The van der Waals surface area contributed by atoms with Crippen molar-refractivity contribution in [3.63, 3.8) is 0 Å². The largest absolute Gasteiger partial charge is 0.541 e. The first-order valence-electron chi connectivity index (χ1n) is 12.3. The third-order valence-electron chi connectivity index (χ3n) is 7.39. The molecule has 1 aliphatic heterocycles. The van der Waals surface area contributed by atoms with E-state index in [1.54, 1.807) is 28.4 Å². The molecule has 3 rings (SSSR count). The van der Waals surface area contributed by atoms with Gasteiger partial charge in [-0.15, -0.1) is 0 Å². The highest BCUT2D eigenvalue weighted by Gasteiger charge is 2.40. The quantitative estimate of drug-likeness (QED) is 0.297. The minimum absolute atomic E-state index is 0.0356. The molecule has 2 aromatic carbocycles. The van der Waals surface area contributed by atoms with Crippen molar-refractivity contribution >= 4 is 14.3 Å². The average molecular weight is 517 g/mol. The second-order valence-electron chi connectivity index (χ2n) is 10.8. The Balaban J connectivity index is 1.81. The molecule has 1 aliphatic rings. The van der Waals surface area contributed by atoms with Crippen LogP contribution in [0.2, 0.25) is 18.1 Å². The van der Waals surface area contributed by atoms with E-state index in [4.69, 9.17) is 28.1 Å². The third kappa shape index (κ3) is 5.91. The van der Waals surface area contributed by atoms with Crippen molar-refractivity contribution < 1.29 is 32.9 Å². The van der Waals surface area contributed by atoms with E-state index >= 15 is 0 Å². The summed E-state index contributed by atoms with van der Waals surface area (Å²) in [5, 5.41) is 0.0816. The maximum absolute atomic E-state index is 12.7. The van der Waals surface area contributed by atoms with Crippen LogP contribution in [0, 0.1) is 11.8 Å². The molecule has 1 saturated heterocycles. The summed E-state index contributed by atoms with van der Waals surface area (Å²) in [5.74, 6) is 2.72. The normalized spacial score (nSPS) is 18.0. The van der Waals surface area contributed by atoms with Crippen LogP contribution in [0.15, 0.2) is 30.3 Å². The van der Waals surface area contributed by atoms with Gasteiger partial charge in [0.2, 0.25) is 5.75 Å². The maximum Gasteiger partial charge on any atom is 0.309 e. The molecule has 2 atom stereocenters. The minimum Gasteiger partial charge on any atom is -0.541 e. The van der Waals surface area contributed by atoms with Gasteiger partial charge in [0, 0.05) is 5.92 Å². The van der Waals surface area contributed by atoms with Crippen LogP contribution in [0.1, 0.15) is 31.9 Å². The minimum atomic E-state index is -2.01. The van der Waals surface area contributed by atoms with Crippen LogP contribution in [-0.4, -0.2) is 49.3 Å².